The summed E-state index contributed by atoms with van der Waals surface area (Å²) in [6.07, 6.45) is 0. The summed E-state index contributed by atoms with van der Waals surface area (Å²) in [6.45, 7) is 1.96. The van der Waals surface area contributed by atoms with Crippen LogP contribution in [0.4, 0.5) is 5.69 Å². The Balaban J connectivity index is 2.59. The highest BCUT2D eigenvalue weighted by Crippen LogP contribution is 2.29. The lowest BCUT2D eigenvalue weighted by Crippen LogP contribution is -2.09. The van der Waals surface area contributed by atoms with Gasteiger partial charge < -0.3 is 10.2 Å². The molecule has 0 aliphatic heterocycles. The van der Waals surface area contributed by atoms with E-state index in [1.807, 2.05) is 25.1 Å². The largest absolute Gasteiger partial charge is 0.464 e. The highest BCUT2D eigenvalue weighted by molar-refractivity contribution is 6.33. The highest BCUT2D eigenvalue weighted by Gasteiger charge is 2.15. The lowest BCUT2D eigenvalue weighted by Gasteiger charge is -2.11. The van der Waals surface area contributed by atoms with E-state index in [9.17, 15) is 4.79 Å². The average Bonchev–Trinajstić information content (AvgIpc) is 2.47. The molecule has 2 rings (SSSR count). The van der Waals surface area contributed by atoms with E-state index in [4.69, 9.17) is 17.4 Å². The Hall–Kier alpha value is -2.11. The van der Waals surface area contributed by atoms with Crippen molar-refractivity contribution in [1.82, 2.24) is 4.98 Å². The van der Waals surface area contributed by atoms with E-state index < -0.39 is 5.97 Å². The molecule has 0 saturated carbocycles. The monoisotopic (exact) mass is 291 g/mol. The van der Waals surface area contributed by atoms with Crippen molar-refractivity contribution in [3.63, 3.8) is 0 Å². The number of hydrogen-bond acceptors (Lipinski definition) is 5. The maximum Gasteiger partial charge on any atom is 0.358 e. The van der Waals surface area contributed by atoms with Gasteiger partial charge in [-0.1, -0.05) is 23.2 Å². The fourth-order valence-electron chi connectivity index (χ4n) is 1.83. The Morgan fingerprint density at radius 1 is 1.35 bits per heavy atom. The topological polar surface area (TPSA) is 77.2 Å². The second-order valence-electron chi connectivity index (χ2n) is 4.21. The first-order valence-corrected chi connectivity index (χ1v) is 6.27. The summed E-state index contributed by atoms with van der Waals surface area (Å²) in [5.74, 6) is 4.92. The van der Waals surface area contributed by atoms with Crippen LogP contribution < -0.4 is 11.3 Å². The third kappa shape index (κ3) is 2.74. The van der Waals surface area contributed by atoms with Crippen molar-refractivity contribution in [2.45, 2.75) is 6.92 Å². The maximum absolute atomic E-state index is 11.6. The molecule has 0 fully saturated rings. The third-order valence-corrected chi connectivity index (χ3v) is 3.14. The normalized spacial score (nSPS) is 10.2. The Kier molecular flexibility index (Phi) is 4.22. The number of methoxy groups -OCH3 is 1. The van der Waals surface area contributed by atoms with Crippen molar-refractivity contribution in [3.05, 3.63) is 46.6 Å². The van der Waals surface area contributed by atoms with Gasteiger partial charge in [-0.2, -0.15) is 0 Å². The molecule has 1 aromatic heterocycles. The number of aryl methyl sites for hydroxylation is 1. The van der Waals surface area contributed by atoms with Crippen LogP contribution in [0.15, 0.2) is 30.3 Å². The smallest absolute Gasteiger partial charge is 0.358 e. The van der Waals surface area contributed by atoms with Gasteiger partial charge in [-0.15, -0.1) is 0 Å². The zero-order chi connectivity index (χ0) is 14.7. The quantitative estimate of drug-likeness (QED) is 0.516. The Bertz CT molecular complexity index is 659. The molecule has 2 aromatic rings. The number of anilines is 1. The molecule has 6 heteroatoms. The SMILES string of the molecule is COC(=O)c1nc(-c2cc(C)ccc2NN)ccc1Cl. The number of nitrogens with one attached hydrogen (secondary N) is 1. The number of hydrogen-bond donors (Lipinski definition) is 2. The van der Waals surface area contributed by atoms with Gasteiger partial charge in [0.1, 0.15) is 0 Å². The van der Waals surface area contributed by atoms with Crippen LogP contribution in [0.1, 0.15) is 16.1 Å². The molecule has 1 aromatic carbocycles. The summed E-state index contributed by atoms with van der Waals surface area (Å²) < 4.78 is 4.66. The number of ether oxygens (including phenoxy) is 1. The predicted molar refractivity (Wildman–Crippen MR) is 78.6 cm³/mol. The molecule has 0 spiro atoms. The number of hydrazine groups is 1. The number of aromatic nitrogens is 1. The molecule has 0 aliphatic carbocycles. The molecule has 0 radical (unpaired) electrons. The first-order chi connectivity index (χ1) is 9.56. The summed E-state index contributed by atoms with van der Waals surface area (Å²) in [4.78, 5) is 15.9. The Morgan fingerprint density at radius 3 is 2.75 bits per heavy atom. The molecule has 5 nitrogen and oxygen atoms in total. The third-order valence-electron chi connectivity index (χ3n) is 2.83. The molecule has 0 saturated heterocycles. The van der Waals surface area contributed by atoms with Gasteiger partial charge in [-0.3, -0.25) is 5.84 Å². The Morgan fingerprint density at radius 2 is 2.10 bits per heavy atom. The zero-order valence-electron chi connectivity index (χ0n) is 11.1. The lowest BCUT2D eigenvalue weighted by molar-refractivity contribution is 0.0594. The summed E-state index contributed by atoms with van der Waals surface area (Å²) in [6, 6.07) is 9.03. The molecule has 0 amide bonds. The van der Waals surface area contributed by atoms with E-state index in [0.717, 1.165) is 11.1 Å². The van der Waals surface area contributed by atoms with Crippen LogP contribution >= 0.6 is 11.6 Å². The fraction of sp³-hybridized carbons (Fsp3) is 0.143. The van der Waals surface area contributed by atoms with Gasteiger partial charge in [0.05, 0.1) is 23.5 Å². The van der Waals surface area contributed by atoms with Gasteiger partial charge in [-0.25, -0.2) is 9.78 Å². The second-order valence-corrected chi connectivity index (χ2v) is 4.62. The van der Waals surface area contributed by atoms with Gasteiger partial charge in [0.15, 0.2) is 5.69 Å². The van der Waals surface area contributed by atoms with Crippen molar-refractivity contribution < 1.29 is 9.53 Å². The van der Waals surface area contributed by atoms with E-state index in [1.165, 1.54) is 7.11 Å². The van der Waals surface area contributed by atoms with Gasteiger partial charge in [0.25, 0.3) is 0 Å². The van der Waals surface area contributed by atoms with E-state index in [2.05, 4.69) is 15.1 Å². The van der Waals surface area contributed by atoms with Crippen LogP contribution in [0, 0.1) is 6.92 Å². The number of pyridine rings is 1. The average molecular weight is 292 g/mol. The number of halogens is 1. The van der Waals surface area contributed by atoms with Crippen molar-refractivity contribution in [2.24, 2.45) is 5.84 Å². The molecule has 0 atom stereocenters. The summed E-state index contributed by atoms with van der Waals surface area (Å²) >= 11 is 5.96. The van der Waals surface area contributed by atoms with Gasteiger partial charge in [0.2, 0.25) is 0 Å². The van der Waals surface area contributed by atoms with Crippen LogP contribution in [-0.2, 0) is 4.74 Å². The molecular weight excluding hydrogens is 278 g/mol. The number of carbonyl (C=O) groups excluding carboxylic acids is 1. The van der Waals surface area contributed by atoms with Crippen molar-refractivity contribution in [1.29, 1.82) is 0 Å². The summed E-state index contributed by atoms with van der Waals surface area (Å²) in [5, 5.41) is 0.246. The first-order valence-electron chi connectivity index (χ1n) is 5.89. The molecule has 3 N–H and O–H groups in total. The molecule has 20 heavy (non-hydrogen) atoms. The van der Waals surface area contributed by atoms with Gasteiger partial charge >= 0.3 is 5.97 Å². The number of rotatable bonds is 3. The number of esters is 1. The van der Waals surface area contributed by atoms with Crippen LogP contribution in [0.25, 0.3) is 11.3 Å². The van der Waals surface area contributed by atoms with Crippen molar-refractivity contribution in [3.8, 4) is 11.3 Å². The van der Waals surface area contributed by atoms with Crippen LogP contribution in [0.5, 0.6) is 0 Å². The maximum atomic E-state index is 11.6. The number of benzene rings is 1. The number of nitrogen functional groups attached to an aromatic ring is 1. The predicted octanol–water partition coefficient (Wildman–Crippen LogP) is 2.78. The minimum atomic E-state index is -0.577. The standard InChI is InChI=1S/C14H14ClN3O2/c1-8-3-5-12(18-16)9(7-8)11-6-4-10(15)13(17-11)14(19)20-2/h3-7,18H,16H2,1-2H3. The first kappa shape index (κ1) is 14.3. The highest BCUT2D eigenvalue weighted by atomic mass is 35.5. The number of nitrogens with two attached hydrogens (primary N) is 1. The molecule has 1 heterocycles. The van der Waals surface area contributed by atoms with E-state index in [1.54, 1.807) is 12.1 Å². The van der Waals surface area contributed by atoms with Crippen LogP contribution in [0.2, 0.25) is 5.02 Å². The van der Waals surface area contributed by atoms with Crippen molar-refractivity contribution in [2.75, 3.05) is 12.5 Å². The molecule has 0 aliphatic rings. The van der Waals surface area contributed by atoms with Crippen molar-refractivity contribution >= 4 is 23.3 Å². The fourth-order valence-corrected chi connectivity index (χ4v) is 2.01. The molecular formula is C14H14ClN3O2. The van der Waals surface area contributed by atoms with Gasteiger partial charge in [0, 0.05) is 5.56 Å². The second kappa shape index (κ2) is 5.90. The summed E-state index contributed by atoms with van der Waals surface area (Å²) in [7, 11) is 1.28. The number of carbonyl (C=O) groups is 1. The van der Waals surface area contributed by atoms with E-state index in [0.29, 0.717) is 11.4 Å². The number of nitrogens with zero attached hydrogens (tertiary/aromatic N) is 1. The minimum Gasteiger partial charge on any atom is -0.464 e. The minimum absolute atomic E-state index is 0.0798. The van der Waals surface area contributed by atoms with Crippen LogP contribution in [-0.4, -0.2) is 18.1 Å². The van der Waals surface area contributed by atoms with Crippen LogP contribution in [0.3, 0.4) is 0 Å². The molecule has 0 bridgehead atoms. The lowest BCUT2D eigenvalue weighted by atomic mass is 10.1. The van der Waals surface area contributed by atoms with E-state index >= 15 is 0 Å². The zero-order valence-corrected chi connectivity index (χ0v) is 11.9. The Labute approximate surface area is 121 Å². The van der Waals surface area contributed by atoms with Gasteiger partial charge in [-0.05, 0) is 31.2 Å². The molecule has 104 valence electrons. The van der Waals surface area contributed by atoms with E-state index in [-0.39, 0.29) is 10.7 Å². The molecule has 0 unspecified atom stereocenters. The summed E-state index contributed by atoms with van der Waals surface area (Å²) in [5.41, 5.74) is 5.83.